The molecule has 0 aliphatic rings. The van der Waals surface area contributed by atoms with Crippen molar-refractivity contribution in [3.8, 4) is 0 Å². The summed E-state index contributed by atoms with van der Waals surface area (Å²) in [7, 11) is 1.58. The van der Waals surface area contributed by atoms with E-state index in [2.05, 4.69) is 0 Å². The Labute approximate surface area is 87.6 Å². The van der Waals surface area contributed by atoms with Crippen LogP contribution in [0.4, 0.5) is 0 Å². The molecule has 1 N–H and O–H groups in total. The van der Waals surface area contributed by atoms with Crippen LogP contribution in [0.2, 0.25) is 0 Å². The SMILES string of the molecule is COCC(C)OCc1ccoc1C(=O)O. The molecule has 0 saturated heterocycles. The zero-order chi connectivity index (χ0) is 11.3. The molecule has 0 aliphatic heterocycles. The van der Waals surface area contributed by atoms with Crippen LogP contribution in [-0.4, -0.2) is 30.9 Å². The number of hydrogen-bond acceptors (Lipinski definition) is 4. The van der Waals surface area contributed by atoms with Gasteiger partial charge in [0.15, 0.2) is 0 Å². The fraction of sp³-hybridized carbons (Fsp3) is 0.500. The zero-order valence-electron chi connectivity index (χ0n) is 8.73. The molecule has 5 heteroatoms. The minimum atomic E-state index is -1.09. The van der Waals surface area contributed by atoms with Crippen molar-refractivity contribution in [2.24, 2.45) is 0 Å². The molecule has 0 fully saturated rings. The van der Waals surface area contributed by atoms with Gasteiger partial charge in [0.05, 0.1) is 25.6 Å². The van der Waals surface area contributed by atoms with Crippen LogP contribution in [-0.2, 0) is 16.1 Å². The molecule has 15 heavy (non-hydrogen) atoms. The Morgan fingerprint density at radius 1 is 1.67 bits per heavy atom. The van der Waals surface area contributed by atoms with E-state index >= 15 is 0 Å². The minimum absolute atomic E-state index is 0.0698. The number of aromatic carboxylic acids is 1. The maximum Gasteiger partial charge on any atom is 0.372 e. The summed E-state index contributed by atoms with van der Waals surface area (Å²) < 4.78 is 15.1. The van der Waals surface area contributed by atoms with Crippen molar-refractivity contribution in [1.29, 1.82) is 0 Å². The monoisotopic (exact) mass is 214 g/mol. The van der Waals surface area contributed by atoms with E-state index in [-0.39, 0.29) is 18.5 Å². The molecule has 0 spiro atoms. The Balaban J connectivity index is 2.50. The number of carboxylic acids is 1. The van der Waals surface area contributed by atoms with Gasteiger partial charge in [-0.25, -0.2) is 4.79 Å². The predicted molar refractivity (Wildman–Crippen MR) is 51.8 cm³/mol. The molecule has 84 valence electrons. The van der Waals surface area contributed by atoms with Crippen LogP contribution in [0, 0.1) is 0 Å². The molecule has 1 rings (SSSR count). The first kappa shape index (κ1) is 11.7. The molecule has 1 aromatic rings. The van der Waals surface area contributed by atoms with Crippen molar-refractivity contribution in [3.63, 3.8) is 0 Å². The number of furan rings is 1. The summed E-state index contributed by atoms with van der Waals surface area (Å²) >= 11 is 0. The third kappa shape index (κ3) is 3.38. The van der Waals surface area contributed by atoms with E-state index in [4.69, 9.17) is 19.0 Å². The normalized spacial score (nSPS) is 12.7. The van der Waals surface area contributed by atoms with Gasteiger partial charge in [-0.15, -0.1) is 0 Å². The molecule has 0 bridgehead atoms. The topological polar surface area (TPSA) is 68.9 Å². The van der Waals surface area contributed by atoms with Gasteiger partial charge in [-0.3, -0.25) is 0 Å². The lowest BCUT2D eigenvalue weighted by Crippen LogP contribution is -2.15. The third-order valence-electron chi connectivity index (χ3n) is 1.87. The van der Waals surface area contributed by atoms with E-state index in [0.717, 1.165) is 0 Å². The van der Waals surface area contributed by atoms with E-state index in [1.54, 1.807) is 13.2 Å². The lowest BCUT2D eigenvalue weighted by atomic mass is 10.2. The first-order valence-electron chi connectivity index (χ1n) is 4.55. The maximum atomic E-state index is 10.7. The van der Waals surface area contributed by atoms with Crippen LogP contribution in [0.5, 0.6) is 0 Å². The van der Waals surface area contributed by atoms with Crippen LogP contribution in [0.1, 0.15) is 23.0 Å². The van der Waals surface area contributed by atoms with Gasteiger partial charge in [-0.05, 0) is 13.0 Å². The second-order valence-electron chi connectivity index (χ2n) is 3.16. The molecule has 0 saturated carbocycles. The smallest absolute Gasteiger partial charge is 0.372 e. The Morgan fingerprint density at radius 3 is 3.00 bits per heavy atom. The zero-order valence-corrected chi connectivity index (χ0v) is 8.73. The number of methoxy groups -OCH3 is 1. The van der Waals surface area contributed by atoms with Crippen LogP contribution in [0.3, 0.4) is 0 Å². The summed E-state index contributed by atoms with van der Waals surface area (Å²) in [6, 6.07) is 1.59. The number of carbonyl (C=O) groups is 1. The lowest BCUT2D eigenvalue weighted by molar-refractivity contribution is -0.000826. The molecule has 1 unspecified atom stereocenters. The van der Waals surface area contributed by atoms with Gasteiger partial charge in [0.2, 0.25) is 5.76 Å². The van der Waals surface area contributed by atoms with E-state index in [9.17, 15) is 4.79 Å². The number of ether oxygens (including phenoxy) is 2. The summed E-state index contributed by atoms with van der Waals surface area (Å²) in [5.74, 6) is -1.15. The van der Waals surface area contributed by atoms with Gasteiger partial charge in [0, 0.05) is 12.7 Å². The van der Waals surface area contributed by atoms with Gasteiger partial charge in [-0.2, -0.15) is 0 Å². The standard InChI is InChI=1S/C10H14O5/c1-7(5-13-2)15-6-8-3-4-14-9(8)10(11)12/h3-4,7H,5-6H2,1-2H3,(H,11,12). The van der Waals surface area contributed by atoms with Gasteiger partial charge < -0.3 is 19.0 Å². The molecule has 1 heterocycles. The first-order valence-corrected chi connectivity index (χ1v) is 4.55. The largest absolute Gasteiger partial charge is 0.475 e. The maximum absolute atomic E-state index is 10.7. The van der Waals surface area contributed by atoms with Crippen molar-refractivity contribution in [2.45, 2.75) is 19.6 Å². The molecule has 0 aromatic carbocycles. The fourth-order valence-electron chi connectivity index (χ4n) is 1.15. The molecule has 1 atom stereocenters. The van der Waals surface area contributed by atoms with Crippen LogP contribution < -0.4 is 0 Å². The quantitative estimate of drug-likeness (QED) is 0.777. The minimum Gasteiger partial charge on any atom is -0.475 e. The Morgan fingerprint density at radius 2 is 2.40 bits per heavy atom. The summed E-state index contributed by atoms with van der Waals surface area (Å²) in [6.07, 6.45) is 1.26. The van der Waals surface area contributed by atoms with Crippen molar-refractivity contribution in [2.75, 3.05) is 13.7 Å². The molecular weight excluding hydrogens is 200 g/mol. The molecule has 0 aliphatic carbocycles. The summed E-state index contributed by atoms with van der Waals surface area (Å²) in [5.41, 5.74) is 0.533. The molecule has 0 radical (unpaired) electrons. The van der Waals surface area contributed by atoms with Crippen LogP contribution >= 0.6 is 0 Å². The average molecular weight is 214 g/mol. The van der Waals surface area contributed by atoms with Gasteiger partial charge >= 0.3 is 5.97 Å². The number of rotatable bonds is 6. The second-order valence-corrected chi connectivity index (χ2v) is 3.16. The van der Waals surface area contributed by atoms with E-state index < -0.39 is 5.97 Å². The predicted octanol–water partition coefficient (Wildman–Crippen LogP) is 1.53. The highest BCUT2D eigenvalue weighted by atomic mass is 16.5. The van der Waals surface area contributed by atoms with Crippen LogP contribution in [0.15, 0.2) is 16.7 Å². The molecule has 0 amide bonds. The Bertz CT molecular complexity index is 317. The number of hydrogen-bond donors (Lipinski definition) is 1. The van der Waals surface area contributed by atoms with Crippen LogP contribution in [0.25, 0.3) is 0 Å². The van der Waals surface area contributed by atoms with Crippen molar-refractivity contribution in [3.05, 3.63) is 23.7 Å². The van der Waals surface area contributed by atoms with E-state index in [1.807, 2.05) is 6.92 Å². The highest BCUT2D eigenvalue weighted by molar-refractivity contribution is 5.85. The fourth-order valence-corrected chi connectivity index (χ4v) is 1.15. The van der Waals surface area contributed by atoms with E-state index in [1.165, 1.54) is 6.26 Å². The summed E-state index contributed by atoms with van der Waals surface area (Å²) in [6.45, 7) is 2.53. The highest BCUT2D eigenvalue weighted by Crippen LogP contribution is 2.12. The average Bonchev–Trinajstić information content (AvgIpc) is 2.63. The van der Waals surface area contributed by atoms with Gasteiger partial charge in [0.1, 0.15) is 0 Å². The first-order chi connectivity index (χ1) is 7.15. The van der Waals surface area contributed by atoms with Crippen molar-refractivity contribution < 1.29 is 23.8 Å². The molecular formula is C10H14O5. The lowest BCUT2D eigenvalue weighted by Gasteiger charge is -2.10. The summed E-state index contributed by atoms with van der Waals surface area (Å²) in [4.78, 5) is 10.7. The Hall–Kier alpha value is -1.33. The highest BCUT2D eigenvalue weighted by Gasteiger charge is 2.14. The van der Waals surface area contributed by atoms with E-state index in [0.29, 0.717) is 12.2 Å². The van der Waals surface area contributed by atoms with Gasteiger partial charge in [0.25, 0.3) is 0 Å². The van der Waals surface area contributed by atoms with Crippen molar-refractivity contribution >= 4 is 5.97 Å². The molecule has 1 aromatic heterocycles. The summed E-state index contributed by atoms with van der Waals surface area (Å²) in [5, 5.41) is 8.75. The third-order valence-corrected chi connectivity index (χ3v) is 1.87. The molecule has 5 nitrogen and oxygen atoms in total. The van der Waals surface area contributed by atoms with Crippen molar-refractivity contribution in [1.82, 2.24) is 0 Å². The van der Waals surface area contributed by atoms with Gasteiger partial charge in [-0.1, -0.05) is 0 Å². The second kappa shape index (κ2) is 5.53. The Kier molecular flexibility index (Phi) is 4.33. The number of carboxylic acid groups (broad SMARTS) is 1.